The Labute approximate surface area is 119 Å². The molecular formula is C11H12ClN5OS. The van der Waals surface area contributed by atoms with Crippen LogP contribution >= 0.6 is 22.9 Å². The third-order valence-corrected chi connectivity index (χ3v) is 3.58. The monoisotopic (exact) mass is 297 g/mol. The van der Waals surface area contributed by atoms with Crippen LogP contribution in [0.4, 0.5) is 0 Å². The molecule has 0 saturated heterocycles. The predicted octanol–water partition coefficient (Wildman–Crippen LogP) is 1.02. The van der Waals surface area contributed by atoms with Gasteiger partial charge in [0.05, 0.1) is 17.2 Å². The first-order valence-corrected chi connectivity index (χ1v) is 6.80. The zero-order valence-electron chi connectivity index (χ0n) is 9.97. The molecular weight excluding hydrogens is 286 g/mol. The molecule has 0 radical (unpaired) electrons. The number of nitrogens with zero attached hydrogens (tertiary/aromatic N) is 3. The van der Waals surface area contributed by atoms with E-state index in [2.05, 4.69) is 20.5 Å². The summed E-state index contributed by atoms with van der Waals surface area (Å²) in [4.78, 5) is 16.1. The minimum absolute atomic E-state index is 0.235. The molecule has 6 nitrogen and oxygen atoms in total. The van der Waals surface area contributed by atoms with Crippen LogP contribution in [0, 0.1) is 0 Å². The van der Waals surface area contributed by atoms with Crippen molar-refractivity contribution >= 4 is 28.8 Å². The van der Waals surface area contributed by atoms with Crippen molar-refractivity contribution in [2.45, 2.75) is 13.0 Å². The fraction of sp³-hybridized carbons (Fsp3) is 0.273. The first-order valence-electron chi connectivity index (χ1n) is 5.60. The molecule has 0 unspecified atom stereocenters. The first kappa shape index (κ1) is 13.9. The van der Waals surface area contributed by atoms with Gasteiger partial charge in [-0.25, -0.2) is 4.98 Å². The van der Waals surface area contributed by atoms with Crippen molar-refractivity contribution in [1.82, 2.24) is 20.5 Å². The Balaban J connectivity index is 2.00. The molecule has 19 heavy (non-hydrogen) atoms. The van der Waals surface area contributed by atoms with Crippen LogP contribution in [-0.2, 0) is 13.0 Å². The third kappa shape index (κ3) is 3.69. The Morgan fingerprint density at radius 1 is 1.53 bits per heavy atom. The largest absolute Gasteiger partial charge is 0.345 e. The van der Waals surface area contributed by atoms with E-state index in [1.165, 1.54) is 11.3 Å². The lowest BCUT2D eigenvalue weighted by Gasteiger charge is -2.01. The van der Waals surface area contributed by atoms with Crippen LogP contribution in [0.25, 0.3) is 0 Å². The average molecular weight is 298 g/mol. The lowest BCUT2D eigenvalue weighted by atomic mass is 10.3. The van der Waals surface area contributed by atoms with Gasteiger partial charge in [0.15, 0.2) is 5.69 Å². The normalized spacial score (nSPS) is 10.4. The van der Waals surface area contributed by atoms with Gasteiger partial charge >= 0.3 is 0 Å². The van der Waals surface area contributed by atoms with Gasteiger partial charge in [0.25, 0.3) is 5.91 Å². The van der Waals surface area contributed by atoms with Gasteiger partial charge in [-0.05, 0) is 18.7 Å². The fourth-order valence-corrected chi connectivity index (χ4v) is 2.59. The summed E-state index contributed by atoms with van der Waals surface area (Å²) >= 11 is 7.26. The van der Waals surface area contributed by atoms with E-state index < -0.39 is 0 Å². The molecule has 2 rings (SSSR count). The molecule has 1 amide bonds. The van der Waals surface area contributed by atoms with Crippen molar-refractivity contribution < 1.29 is 4.79 Å². The highest BCUT2D eigenvalue weighted by Gasteiger charge is 2.16. The van der Waals surface area contributed by atoms with Crippen LogP contribution in [-0.4, -0.2) is 27.6 Å². The first-order chi connectivity index (χ1) is 9.20. The second-order valence-electron chi connectivity index (χ2n) is 3.67. The zero-order chi connectivity index (χ0) is 13.7. The second-order valence-corrected chi connectivity index (χ2v) is 5.35. The van der Waals surface area contributed by atoms with Crippen molar-refractivity contribution in [2.75, 3.05) is 6.54 Å². The smallest absolute Gasteiger partial charge is 0.272 e. The standard InChI is InChI=1S/C11H12ClN5OS/c12-10-9(16-8(19-10)3-4-13)11(18)14-6-7-2-1-5-15-17-7/h1-2,5H,3-4,6,13H2,(H,14,18). The number of hydrogen-bond donors (Lipinski definition) is 2. The van der Waals surface area contributed by atoms with Gasteiger partial charge in [-0.1, -0.05) is 11.6 Å². The minimum Gasteiger partial charge on any atom is -0.345 e. The van der Waals surface area contributed by atoms with Crippen molar-refractivity contribution in [3.05, 3.63) is 39.1 Å². The number of thiazole rings is 1. The highest BCUT2D eigenvalue weighted by atomic mass is 35.5. The van der Waals surface area contributed by atoms with E-state index >= 15 is 0 Å². The van der Waals surface area contributed by atoms with Gasteiger partial charge in [0, 0.05) is 12.6 Å². The number of nitrogens with one attached hydrogen (secondary N) is 1. The van der Waals surface area contributed by atoms with E-state index in [0.29, 0.717) is 23.0 Å². The topological polar surface area (TPSA) is 93.8 Å². The maximum Gasteiger partial charge on any atom is 0.272 e. The van der Waals surface area contributed by atoms with Crippen molar-refractivity contribution in [3.63, 3.8) is 0 Å². The number of halogens is 1. The summed E-state index contributed by atoms with van der Waals surface area (Å²) in [6.45, 7) is 0.761. The van der Waals surface area contributed by atoms with Crippen LogP contribution in [0.5, 0.6) is 0 Å². The molecule has 8 heteroatoms. The zero-order valence-corrected chi connectivity index (χ0v) is 11.5. The van der Waals surface area contributed by atoms with E-state index in [1.807, 2.05) is 0 Å². The average Bonchev–Trinajstić information content (AvgIpc) is 2.79. The molecule has 0 aromatic carbocycles. The van der Waals surface area contributed by atoms with Gasteiger partial charge in [-0.15, -0.1) is 11.3 Å². The minimum atomic E-state index is -0.324. The quantitative estimate of drug-likeness (QED) is 0.859. The molecule has 2 aromatic rings. The Morgan fingerprint density at radius 2 is 2.37 bits per heavy atom. The lowest BCUT2D eigenvalue weighted by molar-refractivity contribution is 0.0946. The molecule has 100 valence electrons. The lowest BCUT2D eigenvalue weighted by Crippen LogP contribution is -2.24. The molecule has 0 aliphatic heterocycles. The highest BCUT2D eigenvalue weighted by Crippen LogP contribution is 2.24. The predicted molar refractivity (Wildman–Crippen MR) is 73.1 cm³/mol. The van der Waals surface area contributed by atoms with Gasteiger partial charge in [0.2, 0.25) is 0 Å². The van der Waals surface area contributed by atoms with Gasteiger partial charge in [-0.2, -0.15) is 10.2 Å². The summed E-state index contributed by atoms with van der Waals surface area (Å²) in [7, 11) is 0. The number of amides is 1. The molecule has 2 heterocycles. The molecule has 2 aromatic heterocycles. The summed E-state index contributed by atoms with van der Waals surface area (Å²) in [5.74, 6) is -0.324. The van der Waals surface area contributed by atoms with Crippen LogP contribution in [0.2, 0.25) is 4.34 Å². The Kier molecular flexibility index (Phi) is 4.78. The van der Waals surface area contributed by atoms with E-state index in [4.69, 9.17) is 17.3 Å². The SMILES string of the molecule is NCCc1nc(C(=O)NCc2cccnn2)c(Cl)s1. The number of carbonyl (C=O) groups is 1. The van der Waals surface area contributed by atoms with Crippen molar-refractivity contribution in [3.8, 4) is 0 Å². The number of rotatable bonds is 5. The number of hydrogen-bond acceptors (Lipinski definition) is 6. The fourth-order valence-electron chi connectivity index (χ4n) is 1.40. The van der Waals surface area contributed by atoms with Gasteiger partial charge < -0.3 is 11.1 Å². The summed E-state index contributed by atoms with van der Waals surface area (Å²) in [5, 5.41) is 11.1. The molecule has 0 bridgehead atoms. The Bertz CT molecular complexity index is 559. The van der Waals surface area contributed by atoms with E-state index in [-0.39, 0.29) is 18.1 Å². The number of carbonyl (C=O) groups excluding carboxylic acids is 1. The van der Waals surface area contributed by atoms with E-state index in [1.54, 1.807) is 18.3 Å². The molecule has 0 saturated carbocycles. The van der Waals surface area contributed by atoms with Crippen LogP contribution in [0.3, 0.4) is 0 Å². The highest BCUT2D eigenvalue weighted by molar-refractivity contribution is 7.16. The van der Waals surface area contributed by atoms with Crippen LogP contribution in [0.1, 0.15) is 21.2 Å². The van der Waals surface area contributed by atoms with E-state index in [9.17, 15) is 4.79 Å². The van der Waals surface area contributed by atoms with E-state index in [0.717, 1.165) is 5.01 Å². The molecule has 3 N–H and O–H groups in total. The van der Waals surface area contributed by atoms with Crippen molar-refractivity contribution in [1.29, 1.82) is 0 Å². The van der Waals surface area contributed by atoms with Gasteiger partial charge in [-0.3, -0.25) is 4.79 Å². The third-order valence-electron chi connectivity index (χ3n) is 2.26. The maximum absolute atomic E-state index is 11.9. The number of aromatic nitrogens is 3. The molecule has 0 atom stereocenters. The summed E-state index contributed by atoms with van der Waals surface area (Å²) in [6, 6.07) is 3.53. The Hall–Kier alpha value is -1.57. The molecule has 0 aliphatic rings. The van der Waals surface area contributed by atoms with Crippen LogP contribution in [0.15, 0.2) is 18.3 Å². The Morgan fingerprint density at radius 3 is 3.05 bits per heavy atom. The summed E-state index contributed by atoms with van der Waals surface area (Å²) in [5.41, 5.74) is 6.34. The molecule has 0 fully saturated rings. The summed E-state index contributed by atoms with van der Waals surface area (Å²) < 4.78 is 0.375. The van der Waals surface area contributed by atoms with Gasteiger partial charge in [0.1, 0.15) is 4.34 Å². The molecule has 0 aliphatic carbocycles. The summed E-state index contributed by atoms with van der Waals surface area (Å²) in [6.07, 6.45) is 2.18. The van der Waals surface area contributed by atoms with Crippen molar-refractivity contribution in [2.24, 2.45) is 5.73 Å². The second kappa shape index (κ2) is 6.55. The molecule has 0 spiro atoms. The maximum atomic E-state index is 11.9. The number of nitrogens with two attached hydrogens (primary N) is 1. The van der Waals surface area contributed by atoms with Crippen LogP contribution < -0.4 is 11.1 Å².